The highest BCUT2D eigenvalue weighted by Crippen LogP contribution is 2.42. The molecule has 0 spiro atoms. The van der Waals surface area contributed by atoms with E-state index < -0.39 is 6.09 Å². The predicted molar refractivity (Wildman–Crippen MR) is 70.5 cm³/mol. The van der Waals surface area contributed by atoms with E-state index in [0.29, 0.717) is 19.0 Å². The third kappa shape index (κ3) is 1.55. The summed E-state index contributed by atoms with van der Waals surface area (Å²) in [4.78, 5) is 15.0. The largest absolute Gasteiger partial charge is 0.465 e. The lowest BCUT2D eigenvalue weighted by Crippen LogP contribution is -2.34. The van der Waals surface area contributed by atoms with E-state index in [1.54, 1.807) is 4.90 Å². The van der Waals surface area contributed by atoms with Gasteiger partial charge in [-0.3, -0.25) is 0 Å². The van der Waals surface area contributed by atoms with Crippen molar-refractivity contribution in [2.75, 3.05) is 31.6 Å². The molecule has 0 bridgehead atoms. The molecule has 2 aliphatic heterocycles. The molecule has 1 amide bonds. The van der Waals surface area contributed by atoms with E-state index in [2.05, 4.69) is 31.0 Å². The Balaban J connectivity index is 2.07. The van der Waals surface area contributed by atoms with Gasteiger partial charge in [0.05, 0.1) is 0 Å². The molecule has 0 aliphatic carbocycles. The number of amides is 1. The summed E-state index contributed by atoms with van der Waals surface area (Å²) >= 11 is 0. The zero-order chi connectivity index (χ0) is 12.9. The number of carbonyl (C=O) groups is 1. The first-order valence-electron chi connectivity index (χ1n) is 6.39. The van der Waals surface area contributed by atoms with E-state index in [4.69, 9.17) is 0 Å². The normalized spacial score (nSPS) is 21.8. The number of benzene rings is 1. The molecule has 0 radical (unpaired) electrons. The summed E-state index contributed by atoms with van der Waals surface area (Å²) in [5.41, 5.74) is 5.34. The van der Waals surface area contributed by atoms with Gasteiger partial charge in [0.2, 0.25) is 0 Å². The van der Waals surface area contributed by atoms with Crippen LogP contribution in [0.5, 0.6) is 0 Å². The van der Waals surface area contributed by atoms with Gasteiger partial charge in [0.25, 0.3) is 0 Å². The van der Waals surface area contributed by atoms with Gasteiger partial charge < -0.3 is 14.9 Å². The Kier molecular flexibility index (Phi) is 2.47. The van der Waals surface area contributed by atoms with Crippen LogP contribution in [0.25, 0.3) is 0 Å². The van der Waals surface area contributed by atoms with Crippen molar-refractivity contribution in [1.29, 1.82) is 0 Å². The number of nitrogens with zero attached hydrogens (tertiary/aromatic N) is 2. The molecule has 18 heavy (non-hydrogen) atoms. The molecular weight excluding hydrogens is 228 g/mol. The van der Waals surface area contributed by atoms with Gasteiger partial charge in [0.15, 0.2) is 0 Å². The average Bonchev–Trinajstić information content (AvgIpc) is 2.54. The minimum Gasteiger partial charge on any atom is -0.465 e. The number of aryl methyl sites for hydroxylation is 1. The Morgan fingerprint density at radius 2 is 2.17 bits per heavy atom. The van der Waals surface area contributed by atoms with Crippen LogP contribution in [-0.2, 0) is 6.42 Å². The molecule has 1 aromatic rings. The summed E-state index contributed by atoms with van der Waals surface area (Å²) in [7, 11) is 2.10. The predicted octanol–water partition coefficient (Wildman–Crippen LogP) is 2.06. The highest BCUT2D eigenvalue weighted by atomic mass is 16.4. The van der Waals surface area contributed by atoms with Crippen molar-refractivity contribution in [1.82, 2.24) is 4.90 Å². The summed E-state index contributed by atoms with van der Waals surface area (Å²) in [6.45, 7) is 4.31. The Bertz CT molecular complexity index is 513. The summed E-state index contributed by atoms with van der Waals surface area (Å²) in [6.07, 6.45) is 0.0369. The first-order valence-corrected chi connectivity index (χ1v) is 6.39. The Hall–Kier alpha value is -1.71. The van der Waals surface area contributed by atoms with Crippen LogP contribution in [0.2, 0.25) is 0 Å². The number of hydrogen-bond acceptors (Lipinski definition) is 2. The molecule has 1 atom stereocenters. The summed E-state index contributed by atoms with van der Waals surface area (Å²) in [6, 6.07) is 4.33. The summed E-state index contributed by atoms with van der Waals surface area (Å²) in [5.74, 6) is 0.332. The van der Waals surface area contributed by atoms with Crippen LogP contribution in [0.15, 0.2) is 12.1 Å². The fourth-order valence-corrected chi connectivity index (χ4v) is 3.39. The van der Waals surface area contributed by atoms with Gasteiger partial charge in [-0.25, -0.2) is 4.79 Å². The Labute approximate surface area is 107 Å². The maximum Gasteiger partial charge on any atom is 0.407 e. The Morgan fingerprint density at radius 1 is 1.39 bits per heavy atom. The first kappa shape index (κ1) is 11.4. The second kappa shape index (κ2) is 3.90. The smallest absolute Gasteiger partial charge is 0.407 e. The average molecular weight is 246 g/mol. The van der Waals surface area contributed by atoms with E-state index >= 15 is 0 Å². The van der Waals surface area contributed by atoms with Gasteiger partial charge in [-0.1, -0.05) is 12.1 Å². The third-order valence-electron chi connectivity index (χ3n) is 4.16. The number of likely N-dealkylation sites (N-methyl/N-ethyl adjacent to an activating group) is 1. The fourth-order valence-electron chi connectivity index (χ4n) is 3.39. The molecule has 1 aromatic carbocycles. The van der Waals surface area contributed by atoms with Crippen LogP contribution in [0.3, 0.4) is 0 Å². The SMILES string of the molecule is Cc1ccc2c3c1N(C)C[C@@H]3CN(C(=O)O)CC2. The molecule has 0 unspecified atom stereocenters. The lowest BCUT2D eigenvalue weighted by Gasteiger charge is -2.20. The van der Waals surface area contributed by atoms with E-state index in [1.165, 1.54) is 22.4 Å². The van der Waals surface area contributed by atoms with Crippen LogP contribution in [0, 0.1) is 6.92 Å². The zero-order valence-corrected chi connectivity index (χ0v) is 10.8. The van der Waals surface area contributed by atoms with Gasteiger partial charge in [-0.15, -0.1) is 0 Å². The molecule has 0 fully saturated rings. The van der Waals surface area contributed by atoms with Gasteiger partial charge in [-0.05, 0) is 30.0 Å². The fraction of sp³-hybridized carbons (Fsp3) is 0.500. The van der Waals surface area contributed by atoms with Crippen LogP contribution in [-0.4, -0.2) is 42.8 Å². The number of anilines is 1. The van der Waals surface area contributed by atoms with E-state index in [0.717, 1.165) is 13.0 Å². The summed E-state index contributed by atoms with van der Waals surface area (Å²) < 4.78 is 0. The van der Waals surface area contributed by atoms with E-state index in [9.17, 15) is 9.90 Å². The van der Waals surface area contributed by atoms with Crippen molar-refractivity contribution < 1.29 is 9.90 Å². The minimum atomic E-state index is -0.796. The van der Waals surface area contributed by atoms with Crippen molar-refractivity contribution >= 4 is 11.8 Å². The van der Waals surface area contributed by atoms with Crippen LogP contribution in [0.1, 0.15) is 22.6 Å². The molecule has 96 valence electrons. The lowest BCUT2D eigenvalue weighted by molar-refractivity contribution is 0.144. The van der Waals surface area contributed by atoms with Crippen LogP contribution >= 0.6 is 0 Å². The molecule has 4 nitrogen and oxygen atoms in total. The van der Waals surface area contributed by atoms with E-state index in [-0.39, 0.29) is 0 Å². The monoisotopic (exact) mass is 246 g/mol. The van der Waals surface area contributed by atoms with Crippen molar-refractivity contribution in [2.24, 2.45) is 0 Å². The molecule has 2 heterocycles. The number of hydrogen-bond donors (Lipinski definition) is 1. The van der Waals surface area contributed by atoms with Crippen molar-refractivity contribution in [3.63, 3.8) is 0 Å². The van der Waals surface area contributed by atoms with Gasteiger partial charge >= 0.3 is 6.09 Å². The quantitative estimate of drug-likeness (QED) is 0.762. The maximum atomic E-state index is 11.2. The van der Waals surface area contributed by atoms with E-state index in [1.807, 2.05) is 0 Å². The first-order chi connectivity index (χ1) is 8.58. The Morgan fingerprint density at radius 3 is 2.89 bits per heavy atom. The van der Waals surface area contributed by atoms with Crippen molar-refractivity contribution in [2.45, 2.75) is 19.3 Å². The molecular formula is C14H18N2O2. The van der Waals surface area contributed by atoms with Crippen molar-refractivity contribution in [3.8, 4) is 0 Å². The molecule has 2 aliphatic rings. The summed E-state index contributed by atoms with van der Waals surface area (Å²) in [5, 5.41) is 9.21. The minimum absolute atomic E-state index is 0.332. The molecule has 0 saturated carbocycles. The maximum absolute atomic E-state index is 11.2. The molecule has 4 heteroatoms. The van der Waals surface area contributed by atoms with Gasteiger partial charge in [0, 0.05) is 38.3 Å². The van der Waals surface area contributed by atoms with Crippen LogP contribution in [0.4, 0.5) is 10.5 Å². The number of rotatable bonds is 0. The second-order valence-corrected chi connectivity index (χ2v) is 5.36. The number of carboxylic acid groups (broad SMARTS) is 1. The molecule has 3 rings (SSSR count). The lowest BCUT2D eigenvalue weighted by atomic mass is 9.93. The third-order valence-corrected chi connectivity index (χ3v) is 4.16. The highest BCUT2D eigenvalue weighted by Gasteiger charge is 2.34. The topological polar surface area (TPSA) is 43.8 Å². The molecule has 0 aromatic heterocycles. The molecule has 1 N–H and O–H groups in total. The second-order valence-electron chi connectivity index (χ2n) is 5.36. The molecule has 0 saturated heterocycles. The van der Waals surface area contributed by atoms with Gasteiger partial charge in [0.1, 0.15) is 0 Å². The highest BCUT2D eigenvalue weighted by molar-refractivity contribution is 5.70. The zero-order valence-electron chi connectivity index (χ0n) is 10.8. The van der Waals surface area contributed by atoms with Crippen LogP contribution < -0.4 is 4.90 Å². The standard InChI is InChI=1S/C14H18N2O2/c1-9-3-4-10-5-6-16(14(17)18)8-11-7-15(2)13(9)12(10)11/h3-4,11H,5-8H2,1-2H3,(H,17,18)/t11-/m1/s1. The van der Waals surface area contributed by atoms with Crippen molar-refractivity contribution in [3.05, 3.63) is 28.8 Å². The van der Waals surface area contributed by atoms with Gasteiger partial charge in [-0.2, -0.15) is 0 Å².